The van der Waals surface area contributed by atoms with Gasteiger partial charge < -0.3 is 10.1 Å². The van der Waals surface area contributed by atoms with Gasteiger partial charge >= 0.3 is 0 Å². The Bertz CT molecular complexity index is 355. The Morgan fingerprint density at radius 1 is 1.23 bits per heavy atom. The zero-order valence-corrected chi connectivity index (χ0v) is 7.92. The maximum Gasteiger partial charge on any atom is 0.115 e. The lowest BCUT2D eigenvalue weighted by Gasteiger charge is -2.06. The normalized spacial score (nSPS) is 15.5. The third-order valence-electron chi connectivity index (χ3n) is 2.31. The number of allylic oxidation sites excluding steroid dienone is 2. The second-order valence-corrected chi connectivity index (χ2v) is 3.25. The Kier molecular flexibility index (Phi) is 1.97. The van der Waals surface area contributed by atoms with E-state index in [2.05, 4.69) is 17.4 Å². The third-order valence-corrected chi connectivity index (χ3v) is 2.31. The molecule has 1 N–H and O–H groups in total. The van der Waals surface area contributed by atoms with Crippen molar-refractivity contribution in [1.29, 1.82) is 0 Å². The van der Waals surface area contributed by atoms with E-state index in [1.807, 2.05) is 26.0 Å². The van der Waals surface area contributed by atoms with Crippen LogP contribution in [0.15, 0.2) is 35.7 Å². The van der Waals surface area contributed by atoms with Crippen LogP contribution in [-0.2, 0) is 11.3 Å². The molecule has 0 atom stereocenters. The van der Waals surface area contributed by atoms with Crippen LogP contribution in [0.1, 0.15) is 19.4 Å². The Morgan fingerprint density at radius 3 is 2.85 bits per heavy atom. The van der Waals surface area contributed by atoms with Crippen molar-refractivity contribution in [3.05, 3.63) is 41.3 Å². The maximum absolute atomic E-state index is 5.56. The van der Waals surface area contributed by atoms with E-state index in [0.717, 1.165) is 17.1 Å². The molecule has 2 rings (SSSR count). The third kappa shape index (κ3) is 1.52. The van der Waals surface area contributed by atoms with E-state index in [-0.39, 0.29) is 0 Å². The summed E-state index contributed by atoms with van der Waals surface area (Å²) in [7, 11) is 0. The van der Waals surface area contributed by atoms with E-state index >= 15 is 0 Å². The summed E-state index contributed by atoms with van der Waals surface area (Å²) in [4.78, 5) is 0. The van der Waals surface area contributed by atoms with Gasteiger partial charge in [0.15, 0.2) is 0 Å². The minimum atomic E-state index is 0.659. The number of benzene rings is 1. The summed E-state index contributed by atoms with van der Waals surface area (Å²) in [5.41, 5.74) is 3.44. The highest BCUT2D eigenvalue weighted by atomic mass is 16.5. The van der Waals surface area contributed by atoms with Crippen molar-refractivity contribution in [2.75, 3.05) is 5.32 Å². The monoisotopic (exact) mass is 175 g/mol. The average Bonchev–Trinajstić information content (AvgIpc) is 2.28. The van der Waals surface area contributed by atoms with Crippen LogP contribution >= 0.6 is 0 Å². The zero-order valence-electron chi connectivity index (χ0n) is 7.92. The maximum atomic E-state index is 5.56. The van der Waals surface area contributed by atoms with Crippen LogP contribution in [0.4, 0.5) is 5.69 Å². The first-order chi connectivity index (χ1) is 6.27. The molecule has 0 bridgehead atoms. The number of rotatable bonds is 0. The molecule has 1 aliphatic rings. The SMILES string of the molecule is CC1=C(C)OCc2ccccc2N1. The van der Waals surface area contributed by atoms with Crippen molar-refractivity contribution in [2.24, 2.45) is 0 Å². The average molecular weight is 175 g/mol. The Hall–Kier alpha value is -1.44. The lowest BCUT2D eigenvalue weighted by Crippen LogP contribution is -1.97. The van der Waals surface area contributed by atoms with Crippen LogP contribution in [-0.4, -0.2) is 0 Å². The fraction of sp³-hybridized carbons (Fsp3) is 0.273. The zero-order chi connectivity index (χ0) is 9.26. The van der Waals surface area contributed by atoms with E-state index in [4.69, 9.17) is 4.74 Å². The van der Waals surface area contributed by atoms with Gasteiger partial charge in [0, 0.05) is 16.9 Å². The standard InChI is InChI=1S/C11H13NO/c1-8-9(2)13-7-10-5-3-4-6-11(10)12-8/h3-6,12H,7H2,1-2H3. The highest BCUT2D eigenvalue weighted by molar-refractivity contribution is 5.55. The van der Waals surface area contributed by atoms with Crippen LogP contribution in [0.3, 0.4) is 0 Å². The summed E-state index contributed by atoms with van der Waals surface area (Å²) in [6.45, 7) is 4.66. The van der Waals surface area contributed by atoms with Crippen LogP contribution in [0, 0.1) is 0 Å². The molecule has 0 amide bonds. The van der Waals surface area contributed by atoms with Crippen molar-refractivity contribution in [3.8, 4) is 0 Å². The number of anilines is 1. The molecule has 0 unspecified atom stereocenters. The summed E-state index contributed by atoms with van der Waals surface area (Å²) < 4.78 is 5.56. The molecule has 0 spiro atoms. The first-order valence-corrected chi connectivity index (χ1v) is 4.42. The molecule has 0 fully saturated rings. The van der Waals surface area contributed by atoms with Gasteiger partial charge in [0.1, 0.15) is 12.4 Å². The minimum Gasteiger partial charge on any atom is -0.492 e. The van der Waals surface area contributed by atoms with Crippen molar-refractivity contribution in [2.45, 2.75) is 20.5 Å². The quantitative estimate of drug-likeness (QED) is 0.654. The molecular formula is C11H13NO. The Labute approximate surface area is 78.2 Å². The summed E-state index contributed by atoms with van der Waals surface area (Å²) in [5.74, 6) is 0.969. The molecule has 68 valence electrons. The fourth-order valence-electron chi connectivity index (χ4n) is 1.35. The summed E-state index contributed by atoms with van der Waals surface area (Å²) in [6, 6.07) is 8.20. The number of nitrogens with one attached hydrogen (secondary N) is 1. The van der Waals surface area contributed by atoms with E-state index in [0.29, 0.717) is 6.61 Å². The summed E-state index contributed by atoms with van der Waals surface area (Å²) in [5, 5.41) is 3.33. The number of fused-ring (bicyclic) bond motifs is 1. The molecule has 2 heteroatoms. The number of hydrogen-bond donors (Lipinski definition) is 1. The van der Waals surface area contributed by atoms with Crippen molar-refractivity contribution in [3.63, 3.8) is 0 Å². The highest BCUT2D eigenvalue weighted by Crippen LogP contribution is 2.23. The van der Waals surface area contributed by atoms with E-state index in [9.17, 15) is 0 Å². The van der Waals surface area contributed by atoms with Gasteiger partial charge in [-0.1, -0.05) is 18.2 Å². The van der Waals surface area contributed by atoms with Gasteiger partial charge in [0.2, 0.25) is 0 Å². The van der Waals surface area contributed by atoms with Crippen molar-refractivity contribution < 1.29 is 4.74 Å². The Morgan fingerprint density at radius 2 is 2.00 bits per heavy atom. The molecule has 0 aliphatic carbocycles. The van der Waals surface area contributed by atoms with Crippen molar-refractivity contribution in [1.82, 2.24) is 0 Å². The smallest absolute Gasteiger partial charge is 0.115 e. The molecule has 1 aromatic rings. The van der Waals surface area contributed by atoms with Gasteiger partial charge in [-0.25, -0.2) is 0 Å². The van der Waals surface area contributed by atoms with Gasteiger partial charge in [-0.2, -0.15) is 0 Å². The van der Waals surface area contributed by atoms with Gasteiger partial charge in [-0.3, -0.25) is 0 Å². The van der Waals surface area contributed by atoms with Gasteiger partial charge in [0.25, 0.3) is 0 Å². The Balaban J connectivity index is 2.39. The van der Waals surface area contributed by atoms with E-state index in [1.54, 1.807) is 0 Å². The number of ether oxygens (including phenoxy) is 1. The second-order valence-electron chi connectivity index (χ2n) is 3.25. The largest absolute Gasteiger partial charge is 0.492 e. The predicted octanol–water partition coefficient (Wildman–Crippen LogP) is 2.88. The summed E-state index contributed by atoms with van der Waals surface area (Å²) >= 11 is 0. The number of para-hydroxylation sites is 1. The van der Waals surface area contributed by atoms with Crippen LogP contribution < -0.4 is 5.32 Å². The van der Waals surface area contributed by atoms with Crippen LogP contribution in [0.2, 0.25) is 0 Å². The molecule has 2 nitrogen and oxygen atoms in total. The van der Waals surface area contributed by atoms with Crippen molar-refractivity contribution >= 4 is 5.69 Å². The van der Waals surface area contributed by atoms with Crippen LogP contribution in [0.25, 0.3) is 0 Å². The first kappa shape index (κ1) is 8.17. The predicted molar refractivity (Wildman–Crippen MR) is 53.2 cm³/mol. The molecule has 0 radical (unpaired) electrons. The van der Waals surface area contributed by atoms with Crippen LogP contribution in [0.5, 0.6) is 0 Å². The lowest BCUT2D eigenvalue weighted by atomic mass is 10.2. The van der Waals surface area contributed by atoms with Gasteiger partial charge in [-0.15, -0.1) is 0 Å². The lowest BCUT2D eigenvalue weighted by molar-refractivity contribution is 0.200. The highest BCUT2D eigenvalue weighted by Gasteiger charge is 2.09. The first-order valence-electron chi connectivity index (χ1n) is 4.42. The molecule has 13 heavy (non-hydrogen) atoms. The second kappa shape index (κ2) is 3.13. The fourth-order valence-corrected chi connectivity index (χ4v) is 1.35. The molecule has 0 saturated heterocycles. The molecule has 1 aromatic carbocycles. The minimum absolute atomic E-state index is 0.659. The van der Waals surface area contributed by atoms with Gasteiger partial charge in [0.05, 0.1) is 0 Å². The molecular weight excluding hydrogens is 162 g/mol. The molecule has 0 aromatic heterocycles. The molecule has 1 heterocycles. The summed E-state index contributed by atoms with van der Waals surface area (Å²) in [6.07, 6.45) is 0. The molecule has 0 saturated carbocycles. The van der Waals surface area contributed by atoms with Gasteiger partial charge in [-0.05, 0) is 19.9 Å². The van der Waals surface area contributed by atoms with E-state index < -0.39 is 0 Å². The van der Waals surface area contributed by atoms with E-state index in [1.165, 1.54) is 5.56 Å². The topological polar surface area (TPSA) is 21.3 Å². The number of hydrogen-bond acceptors (Lipinski definition) is 2. The molecule has 1 aliphatic heterocycles.